The van der Waals surface area contributed by atoms with Crippen molar-refractivity contribution >= 4 is 51.7 Å². The molecule has 0 aliphatic rings. The van der Waals surface area contributed by atoms with E-state index in [9.17, 15) is 14.7 Å². The molecule has 2 aromatic carbocycles. The van der Waals surface area contributed by atoms with Crippen LogP contribution in [0.1, 0.15) is 55.3 Å². The van der Waals surface area contributed by atoms with Crippen molar-refractivity contribution in [1.29, 1.82) is 0 Å². The highest BCUT2D eigenvalue weighted by Crippen LogP contribution is 2.40. The summed E-state index contributed by atoms with van der Waals surface area (Å²) in [5.41, 5.74) is 7.39. The lowest BCUT2D eigenvalue weighted by Gasteiger charge is -2.11. The van der Waals surface area contributed by atoms with E-state index in [2.05, 4.69) is 20.4 Å². The Morgan fingerprint density at radius 2 is 1.77 bits per heavy atom. The van der Waals surface area contributed by atoms with E-state index in [1.807, 2.05) is 59.0 Å². The molecule has 3 heterocycles. The predicted octanol–water partition coefficient (Wildman–Crippen LogP) is 7.47. The molecule has 5 aromatic rings. The summed E-state index contributed by atoms with van der Waals surface area (Å²) in [6.07, 6.45) is 3.77. The number of hydrogen-bond acceptors (Lipinski definition) is 5. The number of fused-ring (bicyclic) bond motifs is 1. The molecule has 43 heavy (non-hydrogen) atoms. The highest BCUT2D eigenvalue weighted by atomic mass is 35.5. The number of halogens is 2. The quantitative estimate of drug-likeness (QED) is 0.147. The van der Waals surface area contributed by atoms with E-state index in [0.717, 1.165) is 55.4 Å². The molecule has 0 spiro atoms. The molecule has 1 amide bonds. The number of benzene rings is 2. The SMILES string of the molecule is Cc1cc(OCCCc2c(C(=O)Nc3cncc(C(=O)O)c3)[nH]c3c(-c4c(C)nn(C)c4C)c(Cl)ccc23)cc(C)c1Cl. The first-order valence-electron chi connectivity index (χ1n) is 13.7. The second-order valence-corrected chi connectivity index (χ2v) is 11.3. The number of aromatic carboxylic acids is 1. The first-order valence-corrected chi connectivity index (χ1v) is 14.4. The maximum atomic E-state index is 13.7. The Labute approximate surface area is 258 Å². The number of nitrogens with zero attached hydrogens (tertiary/aromatic N) is 3. The summed E-state index contributed by atoms with van der Waals surface area (Å²) < 4.78 is 7.85. The minimum absolute atomic E-state index is 0.0314. The molecule has 0 bridgehead atoms. The van der Waals surface area contributed by atoms with Crippen molar-refractivity contribution in [3.63, 3.8) is 0 Å². The number of carboxylic acids is 1. The van der Waals surface area contributed by atoms with E-state index >= 15 is 0 Å². The number of rotatable bonds is 9. The molecule has 0 aliphatic heterocycles. The van der Waals surface area contributed by atoms with E-state index in [1.165, 1.54) is 18.5 Å². The van der Waals surface area contributed by atoms with Crippen LogP contribution in [0.4, 0.5) is 5.69 Å². The van der Waals surface area contributed by atoms with E-state index in [4.69, 9.17) is 27.9 Å². The first-order chi connectivity index (χ1) is 20.5. The van der Waals surface area contributed by atoms with Crippen LogP contribution in [-0.4, -0.2) is 43.3 Å². The van der Waals surface area contributed by atoms with Crippen LogP contribution in [0.25, 0.3) is 22.0 Å². The number of H-pyrrole nitrogens is 1. The summed E-state index contributed by atoms with van der Waals surface area (Å²) in [6, 6.07) is 8.92. The van der Waals surface area contributed by atoms with Gasteiger partial charge in [0.15, 0.2) is 0 Å². The number of carboxylic acid groups (broad SMARTS) is 1. The Morgan fingerprint density at radius 3 is 2.42 bits per heavy atom. The van der Waals surface area contributed by atoms with Crippen molar-refractivity contribution in [1.82, 2.24) is 19.7 Å². The van der Waals surface area contributed by atoms with Gasteiger partial charge in [-0.1, -0.05) is 29.3 Å². The molecule has 9 nitrogen and oxygen atoms in total. The largest absolute Gasteiger partial charge is 0.494 e. The Morgan fingerprint density at radius 1 is 1.05 bits per heavy atom. The zero-order valence-electron chi connectivity index (χ0n) is 24.4. The highest BCUT2D eigenvalue weighted by Gasteiger charge is 2.24. The summed E-state index contributed by atoms with van der Waals surface area (Å²) in [6.45, 7) is 8.20. The predicted molar refractivity (Wildman–Crippen MR) is 169 cm³/mol. The molecule has 222 valence electrons. The number of carbonyl (C=O) groups excluding carboxylic acids is 1. The zero-order chi connectivity index (χ0) is 31.0. The van der Waals surface area contributed by atoms with Gasteiger partial charge in [-0.2, -0.15) is 5.10 Å². The number of amides is 1. The summed E-state index contributed by atoms with van der Waals surface area (Å²) >= 11 is 13.1. The number of ether oxygens (including phenoxy) is 1. The van der Waals surface area contributed by atoms with Gasteiger partial charge in [-0.3, -0.25) is 14.5 Å². The van der Waals surface area contributed by atoms with Gasteiger partial charge in [0, 0.05) is 40.5 Å². The summed E-state index contributed by atoms with van der Waals surface area (Å²) in [5.74, 6) is -0.830. The molecule has 5 rings (SSSR count). The van der Waals surface area contributed by atoms with E-state index in [1.54, 1.807) is 4.68 Å². The number of pyridine rings is 1. The number of aromatic nitrogens is 4. The van der Waals surface area contributed by atoms with Gasteiger partial charge in [0.2, 0.25) is 0 Å². The topological polar surface area (TPSA) is 122 Å². The molecule has 11 heteroatoms. The minimum atomic E-state index is -1.14. The summed E-state index contributed by atoms with van der Waals surface area (Å²) in [7, 11) is 1.88. The normalized spacial score (nSPS) is 11.2. The maximum absolute atomic E-state index is 13.7. The number of aromatic amines is 1. The Hall–Kier alpha value is -4.34. The van der Waals surface area contributed by atoms with E-state index < -0.39 is 11.9 Å². The fourth-order valence-corrected chi connectivity index (χ4v) is 5.74. The molecule has 0 saturated heterocycles. The summed E-state index contributed by atoms with van der Waals surface area (Å²) in [4.78, 5) is 32.5. The van der Waals surface area contributed by atoms with Crippen LogP contribution >= 0.6 is 23.2 Å². The van der Waals surface area contributed by atoms with Crippen molar-refractivity contribution in [2.24, 2.45) is 7.05 Å². The van der Waals surface area contributed by atoms with E-state index in [0.29, 0.717) is 35.7 Å². The van der Waals surface area contributed by atoms with Crippen LogP contribution in [-0.2, 0) is 13.5 Å². The fourth-order valence-electron chi connectivity index (χ4n) is 5.37. The first kappa shape index (κ1) is 30.1. The fraction of sp³-hybridized carbons (Fsp3) is 0.250. The third kappa shape index (κ3) is 5.96. The van der Waals surface area contributed by atoms with Gasteiger partial charge in [-0.05, 0) is 81.5 Å². The van der Waals surface area contributed by atoms with Crippen molar-refractivity contribution in [2.75, 3.05) is 11.9 Å². The molecule has 0 aliphatic carbocycles. The average Bonchev–Trinajstić information content (AvgIpc) is 3.45. The average molecular weight is 621 g/mol. The van der Waals surface area contributed by atoms with Crippen molar-refractivity contribution in [3.05, 3.63) is 92.1 Å². The Bertz CT molecular complexity index is 1870. The van der Waals surface area contributed by atoms with Crippen molar-refractivity contribution in [2.45, 2.75) is 40.5 Å². The third-order valence-corrected chi connectivity index (χ3v) is 8.42. The van der Waals surface area contributed by atoms with Gasteiger partial charge in [0.1, 0.15) is 11.4 Å². The molecule has 0 unspecified atom stereocenters. The number of aryl methyl sites for hydroxylation is 5. The number of hydrogen-bond donors (Lipinski definition) is 3. The van der Waals surface area contributed by atoms with E-state index in [-0.39, 0.29) is 11.3 Å². The van der Waals surface area contributed by atoms with Gasteiger partial charge in [0.05, 0.1) is 40.3 Å². The molecule has 0 atom stereocenters. The van der Waals surface area contributed by atoms with Crippen LogP contribution in [0, 0.1) is 27.7 Å². The van der Waals surface area contributed by atoms with Crippen molar-refractivity contribution < 1.29 is 19.4 Å². The van der Waals surface area contributed by atoms with Crippen LogP contribution in [0.3, 0.4) is 0 Å². The van der Waals surface area contributed by atoms with Crippen LogP contribution < -0.4 is 10.1 Å². The molecule has 3 aromatic heterocycles. The highest BCUT2D eigenvalue weighted by molar-refractivity contribution is 6.35. The number of carbonyl (C=O) groups is 2. The molecule has 0 saturated carbocycles. The van der Waals surface area contributed by atoms with Gasteiger partial charge in [-0.25, -0.2) is 4.79 Å². The Balaban J connectivity index is 1.53. The third-order valence-electron chi connectivity index (χ3n) is 7.51. The van der Waals surface area contributed by atoms with Gasteiger partial charge in [-0.15, -0.1) is 0 Å². The van der Waals surface area contributed by atoms with Gasteiger partial charge >= 0.3 is 5.97 Å². The van der Waals surface area contributed by atoms with Crippen molar-refractivity contribution in [3.8, 4) is 16.9 Å². The van der Waals surface area contributed by atoms with Crippen LogP contribution in [0.5, 0.6) is 5.75 Å². The smallest absolute Gasteiger partial charge is 0.337 e. The lowest BCUT2D eigenvalue weighted by atomic mass is 9.98. The van der Waals surface area contributed by atoms with Crippen LogP contribution in [0.2, 0.25) is 10.0 Å². The molecular weight excluding hydrogens is 589 g/mol. The molecule has 3 N–H and O–H groups in total. The number of anilines is 1. The lowest BCUT2D eigenvalue weighted by Crippen LogP contribution is -2.15. The number of nitrogens with one attached hydrogen (secondary N) is 2. The zero-order valence-corrected chi connectivity index (χ0v) is 25.9. The van der Waals surface area contributed by atoms with Gasteiger partial charge in [0.25, 0.3) is 5.91 Å². The minimum Gasteiger partial charge on any atom is -0.494 e. The Kier molecular flexibility index (Phi) is 8.48. The second-order valence-electron chi connectivity index (χ2n) is 10.5. The van der Waals surface area contributed by atoms with Crippen LogP contribution in [0.15, 0.2) is 42.7 Å². The molecule has 0 radical (unpaired) electrons. The lowest BCUT2D eigenvalue weighted by molar-refractivity contribution is 0.0696. The standard InChI is InChI=1S/C32H31Cl2N5O4/c1-16-11-22(12-17(2)28(16)34)43-10-6-7-23-24-8-9-25(33)27(26-18(3)38-39(5)19(26)4)29(24)37-30(23)31(40)36-21-13-20(32(41)42)14-35-15-21/h8-9,11-15,37H,6-7,10H2,1-5H3,(H,36,40)(H,41,42). The molecular formula is C32H31Cl2N5O4. The monoisotopic (exact) mass is 619 g/mol. The molecule has 0 fully saturated rings. The maximum Gasteiger partial charge on any atom is 0.337 e. The summed E-state index contributed by atoms with van der Waals surface area (Å²) in [5, 5.41) is 18.8. The van der Waals surface area contributed by atoms with Gasteiger partial charge < -0.3 is 20.1 Å². The second kappa shape index (κ2) is 12.1.